The van der Waals surface area contributed by atoms with Crippen molar-refractivity contribution < 1.29 is 43.7 Å². The summed E-state index contributed by atoms with van der Waals surface area (Å²) in [5, 5.41) is 22.4. The zero-order chi connectivity index (χ0) is 33.4. The summed E-state index contributed by atoms with van der Waals surface area (Å²) < 4.78 is 11.1. The maximum atomic E-state index is 13.6. The summed E-state index contributed by atoms with van der Waals surface area (Å²) in [7, 11) is 3.68. The lowest BCUT2D eigenvalue weighted by Gasteiger charge is -2.35. The largest absolute Gasteiger partial charge is 0.481 e. The van der Waals surface area contributed by atoms with Crippen LogP contribution in [0.1, 0.15) is 41.9 Å². The number of rotatable bonds is 12. The third kappa shape index (κ3) is 8.20. The first-order chi connectivity index (χ1) is 22.0. The molecule has 1 aliphatic heterocycles. The summed E-state index contributed by atoms with van der Waals surface area (Å²) in [6.07, 6.45) is -2.45. The second kappa shape index (κ2) is 15.1. The molecule has 0 radical (unpaired) electrons. The third-order valence-electron chi connectivity index (χ3n) is 7.44. The van der Waals surface area contributed by atoms with E-state index in [1.54, 1.807) is 55.5 Å². The molecule has 2 aromatic carbocycles. The minimum Gasteiger partial charge on any atom is -0.481 e. The van der Waals surface area contributed by atoms with Gasteiger partial charge in [0.2, 0.25) is 12.0 Å². The van der Waals surface area contributed by atoms with Gasteiger partial charge < -0.3 is 39.7 Å². The van der Waals surface area contributed by atoms with Crippen LogP contribution in [0.15, 0.2) is 54.6 Å². The number of carboxylic acid groups (broad SMARTS) is 2. The molecule has 244 valence electrons. The number of hydrogen-bond acceptors (Lipinski definition) is 9. The number of nitrogens with one attached hydrogen (secondary N) is 1. The summed E-state index contributed by atoms with van der Waals surface area (Å²) in [6.45, 7) is 2.70. The highest BCUT2D eigenvalue weighted by molar-refractivity contribution is 6.00. The van der Waals surface area contributed by atoms with E-state index < -0.39 is 42.0 Å². The van der Waals surface area contributed by atoms with Gasteiger partial charge in [0, 0.05) is 69.4 Å². The number of anilines is 1. The maximum Gasteiger partial charge on any atom is 0.409 e. The third-order valence-corrected chi connectivity index (χ3v) is 7.44. The minimum absolute atomic E-state index is 0.0820. The van der Waals surface area contributed by atoms with Crippen molar-refractivity contribution in [2.75, 3.05) is 51.8 Å². The Hall–Kier alpha value is -5.40. The van der Waals surface area contributed by atoms with Crippen molar-refractivity contribution in [3.63, 3.8) is 0 Å². The standard InChI is InChI=1S/C32H37N5O9/c1-4-45-32(44)37-16-14-36(15-17-37)30(41)24(12-13-27(38)39)34-29(40)25-19-26(22-18-21(35(2)3)10-11-23(22)33-25)46-28(31(42)43)20-8-6-5-7-9-20/h5-11,18-19,24,28H,4,12-17H2,1-3H3,(H,34,40)(H,38,39)(H,42,43)/t24-,28?/m0/s1. The number of carbonyl (C=O) groups excluding carboxylic acids is 3. The average molecular weight is 636 g/mol. The van der Waals surface area contributed by atoms with Gasteiger partial charge in [-0.2, -0.15) is 0 Å². The second-order valence-corrected chi connectivity index (χ2v) is 10.8. The molecule has 14 heteroatoms. The highest BCUT2D eigenvalue weighted by Gasteiger charge is 2.32. The van der Waals surface area contributed by atoms with Crippen molar-refractivity contribution in [3.8, 4) is 5.75 Å². The van der Waals surface area contributed by atoms with Crippen molar-refractivity contribution in [2.45, 2.75) is 31.9 Å². The summed E-state index contributed by atoms with van der Waals surface area (Å²) in [6, 6.07) is 13.7. The number of piperazine rings is 1. The molecule has 14 nitrogen and oxygen atoms in total. The Morgan fingerprint density at radius 3 is 2.24 bits per heavy atom. The van der Waals surface area contributed by atoms with Crippen LogP contribution in [0.2, 0.25) is 0 Å². The molecule has 2 heterocycles. The molecule has 2 atom stereocenters. The van der Waals surface area contributed by atoms with E-state index in [9.17, 15) is 34.2 Å². The topological polar surface area (TPSA) is 179 Å². The Bertz CT molecular complexity index is 1590. The summed E-state index contributed by atoms with van der Waals surface area (Å²) in [4.78, 5) is 72.1. The van der Waals surface area contributed by atoms with Gasteiger partial charge >= 0.3 is 18.0 Å². The van der Waals surface area contributed by atoms with Crippen LogP contribution in [0.25, 0.3) is 10.9 Å². The van der Waals surface area contributed by atoms with E-state index in [0.29, 0.717) is 16.5 Å². The van der Waals surface area contributed by atoms with Gasteiger partial charge in [0.25, 0.3) is 5.91 Å². The van der Waals surface area contributed by atoms with Crippen LogP contribution in [0, 0.1) is 0 Å². The number of carboxylic acids is 2. The van der Waals surface area contributed by atoms with Crippen LogP contribution < -0.4 is 15.0 Å². The number of carbonyl (C=O) groups is 5. The van der Waals surface area contributed by atoms with Gasteiger partial charge in [0.1, 0.15) is 17.5 Å². The normalized spacial score (nSPS) is 14.2. The lowest BCUT2D eigenvalue weighted by molar-refractivity contribution is -0.145. The number of amides is 3. The Balaban J connectivity index is 1.64. The second-order valence-electron chi connectivity index (χ2n) is 10.8. The molecule has 0 aliphatic carbocycles. The number of benzene rings is 2. The van der Waals surface area contributed by atoms with E-state index in [2.05, 4.69) is 10.3 Å². The zero-order valence-corrected chi connectivity index (χ0v) is 25.8. The molecular formula is C32H37N5O9. The number of aliphatic carboxylic acids is 2. The molecule has 4 rings (SSSR count). The van der Waals surface area contributed by atoms with Gasteiger partial charge in [-0.15, -0.1) is 0 Å². The number of aromatic nitrogens is 1. The highest BCUT2D eigenvalue weighted by Crippen LogP contribution is 2.33. The van der Waals surface area contributed by atoms with Gasteiger partial charge in [-0.1, -0.05) is 30.3 Å². The average Bonchev–Trinajstić information content (AvgIpc) is 3.04. The number of pyridine rings is 1. The quantitative estimate of drug-likeness (QED) is 0.266. The van der Waals surface area contributed by atoms with Crippen LogP contribution in [0.3, 0.4) is 0 Å². The molecule has 0 saturated carbocycles. The summed E-state index contributed by atoms with van der Waals surface area (Å²) >= 11 is 0. The number of hydrogen-bond donors (Lipinski definition) is 3. The molecule has 0 spiro atoms. The molecule has 1 aliphatic rings. The molecule has 1 aromatic heterocycles. The number of fused-ring (bicyclic) bond motifs is 1. The molecule has 1 fully saturated rings. The predicted molar refractivity (Wildman–Crippen MR) is 167 cm³/mol. The Morgan fingerprint density at radius 2 is 1.63 bits per heavy atom. The number of ether oxygens (including phenoxy) is 2. The van der Waals surface area contributed by atoms with E-state index in [-0.39, 0.29) is 57.1 Å². The van der Waals surface area contributed by atoms with Crippen LogP contribution in [-0.4, -0.2) is 108 Å². The molecule has 1 saturated heterocycles. The van der Waals surface area contributed by atoms with Crippen LogP contribution >= 0.6 is 0 Å². The fourth-order valence-electron chi connectivity index (χ4n) is 4.99. The van der Waals surface area contributed by atoms with E-state index in [4.69, 9.17) is 9.47 Å². The van der Waals surface area contributed by atoms with Crippen LogP contribution in [0.5, 0.6) is 5.75 Å². The van der Waals surface area contributed by atoms with Crippen molar-refractivity contribution in [2.24, 2.45) is 0 Å². The first kappa shape index (κ1) is 33.5. The molecule has 3 aromatic rings. The van der Waals surface area contributed by atoms with Crippen molar-refractivity contribution >= 4 is 46.4 Å². The van der Waals surface area contributed by atoms with Gasteiger partial charge in [-0.3, -0.25) is 14.4 Å². The van der Waals surface area contributed by atoms with Crippen molar-refractivity contribution in [3.05, 3.63) is 65.9 Å². The van der Waals surface area contributed by atoms with Gasteiger partial charge in [0.05, 0.1) is 12.1 Å². The molecule has 46 heavy (non-hydrogen) atoms. The smallest absolute Gasteiger partial charge is 0.409 e. The summed E-state index contributed by atoms with van der Waals surface area (Å²) in [5.74, 6) is -3.58. The lowest BCUT2D eigenvalue weighted by atomic mass is 10.1. The summed E-state index contributed by atoms with van der Waals surface area (Å²) in [5.41, 5.74) is 1.36. The van der Waals surface area contributed by atoms with Crippen LogP contribution in [0.4, 0.5) is 10.5 Å². The fourth-order valence-corrected chi connectivity index (χ4v) is 4.99. The molecular weight excluding hydrogens is 598 g/mol. The lowest BCUT2D eigenvalue weighted by Crippen LogP contribution is -2.56. The maximum absolute atomic E-state index is 13.6. The van der Waals surface area contributed by atoms with Crippen molar-refractivity contribution in [1.29, 1.82) is 0 Å². The van der Waals surface area contributed by atoms with Gasteiger partial charge in [-0.25, -0.2) is 14.6 Å². The van der Waals surface area contributed by atoms with Crippen LogP contribution in [-0.2, 0) is 19.1 Å². The Labute approximate surface area is 265 Å². The van der Waals surface area contributed by atoms with Gasteiger partial charge in [-0.05, 0) is 31.5 Å². The molecule has 3 amide bonds. The fraction of sp³-hybridized carbons (Fsp3) is 0.375. The van der Waals surface area contributed by atoms with E-state index >= 15 is 0 Å². The van der Waals surface area contributed by atoms with E-state index in [0.717, 1.165) is 5.69 Å². The predicted octanol–water partition coefficient (Wildman–Crippen LogP) is 2.77. The number of nitrogens with zero attached hydrogens (tertiary/aromatic N) is 4. The van der Waals surface area contributed by atoms with Gasteiger partial charge in [0.15, 0.2) is 0 Å². The first-order valence-corrected chi connectivity index (χ1v) is 14.8. The minimum atomic E-state index is -1.40. The zero-order valence-electron chi connectivity index (χ0n) is 25.8. The first-order valence-electron chi connectivity index (χ1n) is 14.8. The van der Waals surface area contributed by atoms with E-state index in [1.165, 1.54) is 15.9 Å². The van der Waals surface area contributed by atoms with E-state index in [1.807, 2.05) is 19.0 Å². The highest BCUT2D eigenvalue weighted by atomic mass is 16.6. The Kier molecular flexibility index (Phi) is 11.0. The SMILES string of the molecule is CCOC(=O)N1CCN(C(=O)[C@H](CCC(=O)O)NC(=O)c2cc(OC(C(=O)O)c3ccccc3)c3cc(N(C)C)ccc3n2)CC1. The molecule has 3 N–H and O–H groups in total. The Morgan fingerprint density at radius 1 is 0.957 bits per heavy atom. The molecule has 0 bridgehead atoms. The molecule has 1 unspecified atom stereocenters. The monoisotopic (exact) mass is 635 g/mol. The van der Waals surface area contributed by atoms with Crippen molar-refractivity contribution in [1.82, 2.24) is 20.1 Å².